The van der Waals surface area contributed by atoms with E-state index in [0.717, 1.165) is 31.8 Å². The van der Waals surface area contributed by atoms with Crippen LogP contribution in [0.3, 0.4) is 0 Å². The van der Waals surface area contributed by atoms with Crippen molar-refractivity contribution in [2.75, 3.05) is 47.0 Å². The van der Waals surface area contributed by atoms with Crippen molar-refractivity contribution in [2.45, 2.75) is 12.0 Å². The molecule has 1 aromatic carbocycles. The number of likely N-dealkylation sites (N-methyl/N-ethyl adjacent to an activating group) is 1. The summed E-state index contributed by atoms with van der Waals surface area (Å²) in [5, 5.41) is 13.3. The Morgan fingerprint density at radius 3 is 2.75 bits per heavy atom. The lowest BCUT2D eigenvalue weighted by Crippen LogP contribution is -2.51. The molecule has 1 aliphatic heterocycles. The molecule has 0 radical (unpaired) electrons. The summed E-state index contributed by atoms with van der Waals surface area (Å²) < 4.78 is 5.25. The number of aliphatic hydroxyl groups excluding tert-OH is 1. The quantitative estimate of drug-likeness (QED) is 0.783. The van der Waals surface area contributed by atoms with Gasteiger partial charge in [-0.2, -0.15) is 0 Å². The maximum atomic E-state index is 9.95. The molecule has 0 aliphatic carbocycles. The van der Waals surface area contributed by atoms with Crippen molar-refractivity contribution in [1.82, 2.24) is 10.2 Å². The molecule has 0 amide bonds. The number of ether oxygens (including phenoxy) is 1. The van der Waals surface area contributed by atoms with Gasteiger partial charge in [-0.25, -0.2) is 0 Å². The summed E-state index contributed by atoms with van der Waals surface area (Å²) in [5.41, 5.74) is 0.753. The van der Waals surface area contributed by atoms with Crippen molar-refractivity contribution < 1.29 is 9.84 Å². The van der Waals surface area contributed by atoms with Crippen molar-refractivity contribution >= 4 is 0 Å². The van der Waals surface area contributed by atoms with Crippen LogP contribution >= 0.6 is 0 Å². The first kappa shape index (κ1) is 15.4. The Bertz CT molecular complexity index is 393. The van der Waals surface area contributed by atoms with Gasteiger partial charge in [0, 0.05) is 20.2 Å². The highest BCUT2D eigenvalue weighted by molar-refractivity contribution is 5.25. The largest absolute Gasteiger partial charge is 0.394 e. The average Bonchev–Trinajstić information content (AvgIpc) is 2.93. The van der Waals surface area contributed by atoms with Gasteiger partial charge in [-0.15, -0.1) is 0 Å². The van der Waals surface area contributed by atoms with Crippen molar-refractivity contribution in [3.8, 4) is 0 Å². The number of rotatable bonds is 7. The predicted molar refractivity (Wildman–Crippen MR) is 80.7 cm³/mol. The SMILES string of the molecule is CNC(CO)(CN1CCC(COC)C1)c1ccccc1. The molecule has 2 N–H and O–H groups in total. The maximum Gasteiger partial charge on any atom is 0.0795 e. The minimum Gasteiger partial charge on any atom is -0.394 e. The van der Waals surface area contributed by atoms with Crippen LogP contribution in [-0.4, -0.2) is 57.0 Å². The number of nitrogens with one attached hydrogen (secondary N) is 1. The molecule has 2 rings (SSSR count). The van der Waals surface area contributed by atoms with Gasteiger partial charge in [-0.1, -0.05) is 30.3 Å². The van der Waals surface area contributed by atoms with Gasteiger partial charge in [-0.3, -0.25) is 0 Å². The van der Waals surface area contributed by atoms with Crippen LogP contribution in [0.15, 0.2) is 30.3 Å². The van der Waals surface area contributed by atoms with E-state index in [9.17, 15) is 5.11 Å². The highest BCUT2D eigenvalue weighted by Gasteiger charge is 2.34. The fourth-order valence-corrected chi connectivity index (χ4v) is 3.10. The van der Waals surface area contributed by atoms with E-state index >= 15 is 0 Å². The Labute approximate surface area is 121 Å². The highest BCUT2D eigenvalue weighted by atomic mass is 16.5. The van der Waals surface area contributed by atoms with Crippen molar-refractivity contribution in [3.05, 3.63) is 35.9 Å². The van der Waals surface area contributed by atoms with Crippen LogP contribution in [0.25, 0.3) is 0 Å². The van der Waals surface area contributed by atoms with Crippen LogP contribution in [0.5, 0.6) is 0 Å². The molecule has 112 valence electrons. The highest BCUT2D eigenvalue weighted by Crippen LogP contribution is 2.25. The summed E-state index contributed by atoms with van der Waals surface area (Å²) >= 11 is 0. The lowest BCUT2D eigenvalue weighted by molar-refractivity contribution is 0.115. The molecular formula is C16H26N2O2. The van der Waals surface area contributed by atoms with Gasteiger partial charge in [0.2, 0.25) is 0 Å². The molecule has 1 aromatic rings. The predicted octanol–water partition coefficient (Wildman–Crippen LogP) is 1.06. The number of hydrogen-bond acceptors (Lipinski definition) is 4. The lowest BCUT2D eigenvalue weighted by atomic mass is 9.90. The van der Waals surface area contributed by atoms with Crippen LogP contribution in [0.4, 0.5) is 0 Å². The summed E-state index contributed by atoms with van der Waals surface area (Å²) in [6, 6.07) is 10.2. The molecule has 4 nitrogen and oxygen atoms in total. The Balaban J connectivity index is 2.07. The number of methoxy groups -OCH3 is 1. The van der Waals surface area contributed by atoms with Gasteiger partial charge < -0.3 is 20.1 Å². The Morgan fingerprint density at radius 1 is 1.40 bits per heavy atom. The van der Waals surface area contributed by atoms with Crippen LogP contribution in [0, 0.1) is 5.92 Å². The van der Waals surface area contributed by atoms with Crippen molar-refractivity contribution in [1.29, 1.82) is 0 Å². The minimum absolute atomic E-state index is 0.0962. The first-order valence-electron chi connectivity index (χ1n) is 7.30. The van der Waals surface area contributed by atoms with Crippen LogP contribution in [-0.2, 0) is 10.3 Å². The number of aliphatic hydroxyl groups is 1. The standard InChI is InChI=1S/C16H26N2O2/c1-17-16(13-19,15-6-4-3-5-7-15)12-18-9-8-14(10-18)11-20-2/h3-7,14,17,19H,8-13H2,1-2H3. The molecule has 1 saturated heterocycles. The fraction of sp³-hybridized carbons (Fsp3) is 0.625. The van der Waals surface area contributed by atoms with E-state index in [-0.39, 0.29) is 12.1 Å². The second kappa shape index (κ2) is 7.18. The molecule has 2 unspecified atom stereocenters. The minimum atomic E-state index is -0.386. The fourth-order valence-electron chi connectivity index (χ4n) is 3.10. The van der Waals surface area contributed by atoms with Crippen molar-refractivity contribution in [3.63, 3.8) is 0 Å². The normalized spacial score (nSPS) is 22.9. The Hall–Kier alpha value is -0.940. The topological polar surface area (TPSA) is 44.7 Å². The molecule has 0 spiro atoms. The van der Waals surface area contributed by atoms with Gasteiger partial charge in [-0.05, 0) is 31.5 Å². The number of benzene rings is 1. The van der Waals surface area contributed by atoms with Crippen LogP contribution in [0.1, 0.15) is 12.0 Å². The van der Waals surface area contributed by atoms with E-state index in [0.29, 0.717) is 5.92 Å². The first-order valence-corrected chi connectivity index (χ1v) is 7.30. The first-order chi connectivity index (χ1) is 9.74. The summed E-state index contributed by atoms with van der Waals surface area (Å²) in [7, 11) is 3.68. The number of hydrogen-bond donors (Lipinski definition) is 2. The maximum absolute atomic E-state index is 9.95. The third-order valence-corrected chi connectivity index (χ3v) is 4.34. The monoisotopic (exact) mass is 278 g/mol. The van der Waals surface area contributed by atoms with E-state index in [1.165, 1.54) is 6.42 Å². The number of likely N-dealkylation sites (tertiary alicyclic amines) is 1. The van der Waals surface area contributed by atoms with E-state index in [1.54, 1.807) is 7.11 Å². The van der Waals surface area contributed by atoms with E-state index in [2.05, 4.69) is 22.3 Å². The van der Waals surface area contributed by atoms with E-state index in [4.69, 9.17) is 4.74 Å². The molecule has 0 aromatic heterocycles. The van der Waals surface area contributed by atoms with Gasteiger partial charge >= 0.3 is 0 Å². The molecule has 2 atom stereocenters. The van der Waals surface area contributed by atoms with Gasteiger partial charge in [0.1, 0.15) is 0 Å². The zero-order valence-electron chi connectivity index (χ0n) is 12.5. The molecule has 1 heterocycles. The van der Waals surface area contributed by atoms with E-state index < -0.39 is 0 Å². The third kappa shape index (κ3) is 3.38. The van der Waals surface area contributed by atoms with E-state index in [1.807, 2.05) is 25.2 Å². The molecule has 0 bridgehead atoms. The second-order valence-electron chi connectivity index (χ2n) is 5.70. The molecular weight excluding hydrogens is 252 g/mol. The van der Waals surface area contributed by atoms with Gasteiger partial charge in [0.05, 0.1) is 18.8 Å². The average molecular weight is 278 g/mol. The van der Waals surface area contributed by atoms with Crippen LogP contribution in [0.2, 0.25) is 0 Å². The lowest BCUT2D eigenvalue weighted by Gasteiger charge is -2.36. The van der Waals surface area contributed by atoms with Gasteiger partial charge in [0.25, 0.3) is 0 Å². The van der Waals surface area contributed by atoms with Crippen LogP contribution < -0.4 is 5.32 Å². The zero-order valence-corrected chi connectivity index (χ0v) is 12.5. The molecule has 20 heavy (non-hydrogen) atoms. The summed E-state index contributed by atoms with van der Waals surface area (Å²) in [6.45, 7) is 3.87. The third-order valence-electron chi connectivity index (χ3n) is 4.34. The second-order valence-corrected chi connectivity index (χ2v) is 5.70. The molecule has 1 fully saturated rings. The molecule has 4 heteroatoms. The Morgan fingerprint density at radius 2 is 2.15 bits per heavy atom. The van der Waals surface area contributed by atoms with Crippen molar-refractivity contribution in [2.24, 2.45) is 5.92 Å². The van der Waals surface area contributed by atoms with Gasteiger partial charge in [0.15, 0.2) is 0 Å². The smallest absolute Gasteiger partial charge is 0.0795 e. The number of nitrogens with zero attached hydrogens (tertiary/aromatic N) is 1. The molecule has 0 saturated carbocycles. The summed E-state index contributed by atoms with van der Waals surface area (Å²) in [4.78, 5) is 2.42. The summed E-state index contributed by atoms with van der Waals surface area (Å²) in [5.74, 6) is 0.615. The zero-order chi connectivity index (χ0) is 14.4. The Kier molecular flexibility index (Phi) is 5.54. The molecule has 1 aliphatic rings. The summed E-state index contributed by atoms with van der Waals surface area (Å²) in [6.07, 6.45) is 1.17.